The minimum atomic E-state index is 0.556. The molecule has 0 bridgehead atoms. The van der Waals surface area contributed by atoms with Crippen molar-refractivity contribution in [3.63, 3.8) is 0 Å². The van der Waals surface area contributed by atoms with Gasteiger partial charge in [0.25, 0.3) is 0 Å². The first-order chi connectivity index (χ1) is 8.63. The summed E-state index contributed by atoms with van der Waals surface area (Å²) in [6, 6.07) is 7.26. The molecule has 0 aliphatic carbocycles. The highest BCUT2D eigenvalue weighted by atomic mass is 15.3. The molecular weight excluding hydrogens is 226 g/mol. The normalized spacial score (nSPS) is 10.1. The zero-order valence-electron chi connectivity index (χ0n) is 10.4. The van der Waals surface area contributed by atoms with Gasteiger partial charge in [0.1, 0.15) is 0 Å². The van der Waals surface area contributed by atoms with E-state index in [1.54, 1.807) is 22.9 Å². The number of nitrogens with one attached hydrogen (secondary N) is 1. The second kappa shape index (κ2) is 4.80. The fourth-order valence-electron chi connectivity index (χ4n) is 1.79. The molecule has 0 amide bonds. The zero-order chi connectivity index (χ0) is 13.1. The molecule has 1 aromatic heterocycles. The van der Waals surface area contributed by atoms with Crippen LogP contribution in [-0.2, 0) is 13.5 Å². The first-order valence-electron chi connectivity index (χ1n) is 5.73. The van der Waals surface area contributed by atoms with Gasteiger partial charge in [0, 0.05) is 13.2 Å². The summed E-state index contributed by atoms with van der Waals surface area (Å²) < 4.78 is 1.76. The van der Waals surface area contributed by atoms with Gasteiger partial charge in [0.05, 0.1) is 34.4 Å². The zero-order valence-corrected chi connectivity index (χ0v) is 10.4. The maximum absolute atomic E-state index is 8.79. The lowest BCUT2D eigenvalue weighted by Crippen LogP contribution is -1.98. The van der Waals surface area contributed by atoms with Crippen LogP contribution in [0.5, 0.6) is 0 Å². The highest BCUT2D eigenvalue weighted by Gasteiger charge is 2.08. The first-order valence-corrected chi connectivity index (χ1v) is 5.73. The Hall–Kier alpha value is -2.48. The highest BCUT2D eigenvalue weighted by molar-refractivity contribution is 5.74. The number of aromatic nitrogens is 2. The molecule has 0 radical (unpaired) electrons. The van der Waals surface area contributed by atoms with Gasteiger partial charge < -0.3 is 11.1 Å². The average molecular weight is 241 g/mol. The number of nitriles is 1. The van der Waals surface area contributed by atoms with E-state index < -0.39 is 0 Å². The first kappa shape index (κ1) is 12.0. The Balaban J connectivity index is 2.31. The molecule has 0 saturated carbocycles. The Morgan fingerprint density at radius 1 is 1.44 bits per heavy atom. The van der Waals surface area contributed by atoms with Gasteiger partial charge in [-0.05, 0) is 24.6 Å². The summed E-state index contributed by atoms with van der Waals surface area (Å²) in [4.78, 5) is 0. The fourth-order valence-corrected chi connectivity index (χ4v) is 1.79. The Morgan fingerprint density at radius 3 is 2.83 bits per heavy atom. The Kier molecular flexibility index (Phi) is 3.20. The Bertz CT molecular complexity index is 606. The van der Waals surface area contributed by atoms with E-state index in [4.69, 9.17) is 11.0 Å². The minimum Gasteiger partial charge on any atom is -0.397 e. The van der Waals surface area contributed by atoms with Gasteiger partial charge in [-0.1, -0.05) is 6.92 Å². The van der Waals surface area contributed by atoms with Crippen molar-refractivity contribution in [1.82, 2.24) is 9.78 Å². The molecule has 0 spiro atoms. The molecule has 92 valence electrons. The molecule has 18 heavy (non-hydrogen) atoms. The monoisotopic (exact) mass is 241 g/mol. The lowest BCUT2D eigenvalue weighted by atomic mass is 10.2. The van der Waals surface area contributed by atoms with Crippen LogP contribution in [0.4, 0.5) is 17.1 Å². The van der Waals surface area contributed by atoms with Crippen LogP contribution >= 0.6 is 0 Å². The third-order valence-corrected chi connectivity index (χ3v) is 2.69. The van der Waals surface area contributed by atoms with E-state index >= 15 is 0 Å². The molecule has 0 aliphatic heterocycles. The van der Waals surface area contributed by atoms with Crippen molar-refractivity contribution in [3.8, 4) is 6.07 Å². The van der Waals surface area contributed by atoms with Crippen molar-refractivity contribution in [2.24, 2.45) is 7.05 Å². The Morgan fingerprint density at radius 2 is 2.22 bits per heavy atom. The SMILES string of the molecule is CCc1nn(C)cc1Nc1ccc(C#N)cc1N. The molecule has 5 heteroatoms. The molecular formula is C13H15N5. The number of hydrogen-bond donors (Lipinski definition) is 2. The summed E-state index contributed by atoms with van der Waals surface area (Å²) >= 11 is 0. The summed E-state index contributed by atoms with van der Waals surface area (Å²) in [6.07, 6.45) is 2.76. The van der Waals surface area contributed by atoms with Crippen LogP contribution in [0, 0.1) is 11.3 Å². The van der Waals surface area contributed by atoms with Gasteiger partial charge in [-0.15, -0.1) is 0 Å². The molecule has 5 nitrogen and oxygen atoms in total. The molecule has 0 atom stereocenters. The number of rotatable bonds is 3. The van der Waals surface area contributed by atoms with E-state index in [0.717, 1.165) is 23.5 Å². The van der Waals surface area contributed by atoms with Crippen LogP contribution in [0.3, 0.4) is 0 Å². The van der Waals surface area contributed by atoms with Crippen molar-refractivity contribution < 1.29 is 0 Å². The molecule has 1 heterocycles. The number of nitrogens with two attached hydrogens (primary N) is 1. The van der Waals surface area contributed by atoms with Gasteiger partial charge in [-0.25, -0.2) is 0 Å². The second-order valence-electron chi connectivity index (χ2n) is 4.06. The number of nitrogen functional groups attached to an aromatic ring is 1. The van der Waals surface area contributed by atoms with E-state index in [1.807, 2.05) is 13.2 Å². The van der Waals surface area contributed by atoms with Crippen molar-refractivity contribution in [1.29, 1.82) is 5.26 Å². The number of hydrogen-bond acceptors (Lipinski definition) is 4. The van der Waals surface area contributed by atoms with E-state index in [9.17, 15) is 0 Å². The third kappa shape index (κ3) is 2.28. The van der Waals surface area contributed by atoms with Gasteiger partial charge in [0.15, 0.2) is 0 Å². The van der Waals surface area contributed by atoms with Gasteiger partial charge >= 0.3 is 0 Å². The van der Waals surface area contributed by atoms with Gasteiger partial charge in [0.2, 0.25) is 0 Å². The van der Waals surface area contributed by atoms with Crippen LogP contribution in [-0.4, -0.2) is 9.78 Å². The van der Waals surface area contributed by atoms with E-state index in [0.29, 0.717) is 11.3 Å². The predicted molar refractivity (Wildman–Crippen MR) is 71.4 cm³/mol. The lowest BCUT2D eigenvalue weighted by Gasteiger charge is -2.08. The average Bonchev–Trinajstić information content (AvgIpc) is 2.72. The maximum atomic E-state index is 8.79. The van der Waals surface area contributed by atoms with Crippen LogP contribution in [0.25, 0.3) is 0 Å². The second-order valence-corrected chi connectivity index (χ2v) is 4.06. The molecule has 2 rings (SSSR count). The molecule has 0 unspecified atom stereocenters. The Labute approximate surface area is 106 Å². The maximum Gasteiger partial charge on any atom is 0.0992 e. The number of nitrogens with zero attached hydrogens (tertiary/aromatic N) is 3. The summed E-state index contributed by atoms with van der Waals surface area (Å²) in [5, 5.41) is 16.4. The summed E-state index contributed by atoms with van der Waals surface area (Å²) in [7, 11) is 1.88. The number of anilines is 3. The molecule has 1 aromatic carbocycles. The van der Waals surface area contributed by atoms with Crippen LogP contribution < -0.4 is 11.1 Å². The lowest BCUT2D eigenvalue weighted by molar-refractivity contribution is 0.746. The van der Waals surface area contributed by atoms with Crippen LogP contribution in [0.1, 0.15) is 18.2 Å². The molecule has 3 N–H and O–H groups in total. The summed E-state index contributed by atoms with van der Waals surface area (Å²) in [6.45, 7) is 2.05. The van der Waals surface area contributed by atoms with E-state index in [1.165, 1.54) is 0 Å². The van der Waals surface area contributed by atoms with Crippen molar-refractivity contribution in [2.45, 2.75) is 13.3 Å². The van der Waals surface area contributed by atoms with Crippen molar-refractivity contribution in [3.05, 3.63) is 35.7 Å². The van der Waals surface area contributed by atoms with Crippen molar-refractivity contribution >= 4 is 17.1 Å². The quantitative estimate of drug-likeness (QED) is 0.807. The highest BCUT2D eigenvalue weighted by Crippen LogP contribution is 2.25. The predicted octanol–water partition coefficient (Wildman–Crippen LogP) is 2.18. The number of benzene rings is 1. The van der Waals surface area contributed by atoms with E-state index in [-0.39, 0.29) is 0 Å². The summed E-state index contributed by atoms with van der Waals surface area (Å²) in [5.74, 6) is 0. The molecule has 2 aromatic rings. The fraction of sp³-hybridized carbons (Fsp3) is 0.231. The topological polar surface area (TPSA) is 79.7 Å². The molecule has 0 aliphatic rings. The summed E-state index contributed by atoms with van der Waals surface area (Å²) in [5.41, 5.74) is 9.73. The van der Waals surface area contributed by atoms with Gasteiger partial charge in [-0.2, -0.15) is 10.4 Å². The smallest absolute Gasteiger partial charge is 0.0992 e. The molecule has 0 saturated heterocycles. The number of aryl methyl sites for hydroxylation is 2. The van der Waals surface area contributed by atoms with Crippen LogP contribution in [0.15, 0.2) is 24.4 Å². The van der Waals surface area contributed by atoms with Crippen LogP contribution in [0.2, 0.25) is 0 Å². The minimum absolute atomic E-state index is 0.556. The van der Waals surface area contributed by atoms with Crippen molar-refractivity contribution in [2.75, 3.05) is 11.1 Å². The van der Waals surface area contributed by atoms with Gasteiger partial charge in [-0.3, -0.25) is 4.68 Å². The third-order valence-electron chi connectivity index (χ3n) is 2.69. The van der Waals surface area contributed by atoms with E-state index in [2.05, 4.69) is 23.4 Å². The largest absolute Gasteiger partial charge is 0.397 e. The standard InChI is InChI=1S/C13H15N5/c1-3-11-13(8-18(2)17-11)16-12-5-4-9(7-14)6-10(12)15/h4-6,8,16H,3,15H2,1-2H3. The molecule has 0 fully saturated rings.